The number of thiazole rings is 1. The molecule has 202 valence electrons. The maximum Gasteiger partial charge on any atom is 0.274 e. The van der Waals surface area contributed by atoms with Crippen molar-refractivity contribution in [2.45, 2.75) is 38.8 Å². The van der Waals surface area contributed by atoms with E-state index in [1.807, 2.05) is 13.8 Å². The molecule has 0 saturated heterocycles. The van der Waals surface area contributed by atoms with Crippen molar-refractivity contribution in [2.75, 3.05) is 33.9 Å². The monoisotopic (exact) mass is 542 g/mol. The second-order valence-electron chi connectivity index (χ2n) is 9.89. The number of likely N-dealkylation sites (N-methyl/N-ethyl adjacent to an activating group) is 1. The summed E-state index contributed by atoms with van der Waals surface area (Å²) >= 11 is 1.25. The van der Waals surface area contributed by atoms with Gasteiger partial charge in [-0.1, -0.05) is 12.1 Å². The van der Waals surface area contributed by atoms with E-state index in [1.165, 1.54) is 44.0 Å². The average Bonchev–Trinajstić information content (AvgIpc) is 3.35. The van der Waals surface area contributed by atoms with Gasteiger partial charge >= 0.3 is 0 Å². The first-order chi connectivity index (χ1) is 18.0. The summed E-state index contributed by atoms with van der Waals surface area (Å²) in [5.41, 5.74) is -1.29. The van der Waals surface area contributed by atoms with Crippen LogP contribution in [0, 0.1) is 5.82 Å². The molecule has 2 aromatic heterocycles. The van der Waals surface area contributed by atoms with E-state index in [1.54, 1.807) is 39.4 Å². The smallest absolute Gasteiger partial charge is 0.274 e. The minimum Gasteiger partial charge on any atom is -0.503 e. The summed E-state index contributed by atoms with van der Waals surface area (Å²) in [5, 5.41) is 11.4. The molecule has 4 rings (SSSR count). The minimum absolute atomic E-state index is 0.0576. The number of rotatable bonds is 8. The minimum atomic E-state index is -1.30. The third-order valence-corrected chi connectivity index (χ3v) is 7.82. The number of halogens is 1. The fraction of sp³-hybridized carbons (Fsp3) is 0.407. The molecule has 0 spiro atoms. The zero-order valence-electron chi connectivity index (χ0n) is 22.0. The van der Waals surface area contributed by atoms with Gasteiger partial charge in [0.15, 0.2) is 11.4 Å². The quantitative estimate of drug-likeness (QED) is 0.469. The Labute approximate surface area is 224 Å². The molecule has 1 aromatic carbocycles. The van der Waals surface area contributed by atoms with Crippen LogP contribution in [0.5, 0.6) is 5.75 Å². The molecule has 1 atom stereocenters. The third kappa shape index (κ3) is 4.95. The van der Waals surface area contributed by atoms with E-state index in [9.17, 15) is 23.9 Å². The molecular formula is C27H31FN4O5S. The number of fused-ring (bicyclic) bond motifs is 1. The number of aromatic hydroxyl groups is 1. The van der Waals surface area contributed by atoms with Crippen LogP contribution >= 0.6 is 11.3 Å². The standard InChI is InChI=1S/C27H31FN4O5S/c1-16(2)31-15-27(3,26(36)30(4)10-11-37-5)32-14-20(22(33)23(34)21(32)25(31)35)24-29-13-19(38-24)12-17-6-8-18(28)9-7-17/h6-9,13-14,16,34H,10-12,15H2,1-5H3/t27-/m0/s1. The van der Waals surface area contributed by atoms with E-state index in [-0.39, 0.29) is 35.6 Å². The molecule has 0 unspecified atom stereocenters. The highest BCUT2D eigenvalue weighted by molar-refractivity contribution is 7.15. The lowest BCUT2D eigenvalue weighted by atomic mass is 9.93. The van der Waals surface area contributed by atoms with E-state index in [0.717, 1.165) is 10.4 Å². The van der Waals surface area contributed by atoms with Gasteiger partial charge in [0.25, 0.3) is 5.91 Å². The van der Waals surface area contributed by atoms with Crippen LogP contribution in [0.4, 0.5) is 4.39 Å². The first kappa shape index (κ1) is 27.5. The Balaban J connectivity index is 1.81. The van der Waals surface area contributed by atoms with Crippen molar-refractivity contribution in [3.63, 3.8) is 0 Å². The molecule has 3 aromatic rings. The molecule has 3 heterocycles. The van der Waals surface area contributed by atoms with Crippen molar-refractivity contribution in [1.29, 1.82) is 0 Å². The summed E-state index contributed by atoms with van der Waals surface area (Å²) < 4.78 is 19.8. The molecule has 38 heavy (non-hydrogen) atoms. The van der Waals surface area contributed by atoms with Crippen LogP contribution in [0.1, 0.15) is 41.7 Å². The lowest BCUT2D eigenvalue weighted by molar-refractivity contribution is -0.140. The predicted octanol–water partition coefficient (Wildman–Crippen LogP) is 3.09. The van der Waals surface area contributed by atoms with Crippen LogP contribution in [0.15, 0.2) is 41.5 Å². The Morgan fingerprint density at radius 1 is 1.29 bits per heavy atom. The highest BCUT2D eigenvalue weighted by Crippen LogP contribution is 2.35. The summed E-state index contributed by atoms with van der Waals surface area (Å²) in [6, 6.07) is 5.85. The normalized spacial score (nSPS) is 17.1. The number of amides is 2. The van der Waals surface area contributed by atoms with Gasteiger partial charge in [-0.25, -0.2) is 9.37 Å². The number of aromatic nitrogens is 2. The van der Waals surface area contributed by atoms with Crippen molar-refractivity contribution in [3.05, 3.63) is 68.8 Å². The van der Waals surface area contributed by atoms with Crippen LogP contribution < -0.4 is 5.43 Å². The number of hydrogen-bond acceptors (Lipinski definition) is 7. The van der Waals surface area contributed by atoms with Crippen LogP contribution in [-0.4, -0.2) is 76.2 Å². The molecule has 0 radical (unpaired) electrons. The van der Waals surface area contributed by atoms with E-state index in [2.05, 4.69) is 4.98 Å². The fourth-order valence-corrected chi connectivity index (χ4v) is 5.56. The molecule has 0 fully saturated rings. The van der Waals surface area contributed by atoms with Crippen molar-refractivity contribution >= 4 is 23.2 Å². The van der Waals surface area contributed by atoms with Crippen molar-refractivity contribution < 1.29 is 23.8 Å². The molecule has 2 amide bonds. The Kier molecular flexibility index (Phi) is 7.70. The van der Waals surface area contributed by atoms with Gasteiger partial charge in [-0.15, -0.1) is 11.3 Å². The number of benzene rings is 1. The van der Waals surface area contributed by atoms with Crippen LogP contribution in [0.3, 0.4) is 0 Å². The van der Waals surface area contributed by atoms with E-state index in [0.29, 0.717) is 24.6 Å². The SMILES string of the molecule is COCCN(C)C(=O)[C@]1(C)CN(C(C)C)C(=O)c2c(O)c(=O)c(-c3ncc(Cc4ccc(F)cc4)s3)cn21. The number of nitrogens with zero attached hydrogens (tertiary/aromatic N) is 4. The van der Waals surface area contributed by atoms with E-state index >= 15 is 0 Å². The lowest BCUT2D eigenvalue weighted by Gasteiger charge is -2.45. The second-order valence-corrected chi connectivity index (χ2v) is 11.0. The van der Waals surface area contributed by atoms with Crippen molar-refractivity contribution in [2.24, 2.45) is 0 Å². The van der Waals surface area contributed by atoms with E-state index in [4.69, 9.17) is 4.74 Å². The van der Waals surface area contributed by atoms with Gasteiger partial charge in [-0.2, -0.15) is 0 Å². The molecule has 0 saturated carbocycles. The van der Waals surface area contributed by atoms with Crippen LogP contribution in [0.25, 0.3) is 10.6 Å². The van der Waals surface area contributed by atoms with Gasteiger partial charge in [0.05, 0.1) is 18.7 Å². The van der Waals surface area contributed by atoms with Crippen LogP contribution in [0.2, 0.25) is 0 Å². The van der Waals surface area contributed by atoms with Gasteiger partial charge in [0, 0.05) is 50.4 Å². The van der Waals surface area contributed by atoms with Crippen molar-refractivity contribution in [3.8, 4) is 16.3 Å². The molecular weight excluding hydrogens is 511 g/mol. The molecule has 0 bridgehead atoms. The summed E-state index contributed by atoms with van der Waals surface area (Å²) in [7, 11) is 3.19. The first-order valence-electron chi connectivity index (χ1n) is 12.2. The summed E-state index contributed by atoms with van der Waals surface area (Å²) in [5.74, 6) is -1.86. The largest absolute Gasteiger partial charge is 0.503 e. The first-order valence-corrected chi connectivity index (χ1v) is 13.0. The Morgan fingerprint density at radius 2 is 1.97 bits per heavy atom. The summed E-state index contributed by atoms with van der Waals surface area (Å²) in [6.45, 7) is 6.04. The molecule has 1 aliphatic rings. The fourth-order valence-electron chi connectivity index (χ4n) is 4.61. The number of pyridine rings is 1. The molecule has 1 N–H and O–H groups in total. The molecule has 0 aliphatic carbocycles. The summed E-state index contributed by atoms with van der Waals surface area (Å²) in [4.78, 5) is 48.7. The zero-order chi connectivity index (χ0) is 27.8. The number of carbonyl (C=O) groups is 2. The molecule has 1 aliphatic heterocycles. The van der Waals surface area contributed by atoms with Crippen molar-refractivity contribution in [1.82, 2.24) is 19.4 Å². The van der Waals surface area contributed by atoms with E-state index < -0.39 is 22.6 Å². The number of hydrogen-bond donors (Lipinski definition) is 1. The van der Waals surface area contributed by atoms with Gasteiger partial charge < -0.3 is 24.2 Å². The van der Waals surface area contributed by atoms with Crippen LogP contribution in [-0.2, 0) is 21.5 Å². The van der Waals surface area contributed by atoms with Gasteiger partial charge in [-0.3, -0.25) is 14.4 Å². The number of carbonyl (C=O) groups excluding carboxylic acids is 2. The number of methoxy groups -OCH3 is 1. The Hall–Kier alpha value is -3.57. The molecule has 9 nitrogen and oxygen atoms in total. The average molecular weight is 543 g/mol. The zero-order valence-corrected chi connectivity index (χ0v) is 22.8. The highest BCUT2D eigenvalue weighted by atomic mass is 32.1. The predicted molar refractivity (Wildman–Crippen MR) is 142 cm³/mol. The maximum absolute atomic E-state index is 13.8. The van der Waals surface area contributed by atoms with Gasteiger partial charge in [0.2, 0.25) is 11.3 Å². The second kappa shape index (κ2) is 10.7. The third-order valence-electron chi connectivity index (χ3n) is 6.79. The topological polar surface area (TPSA) is 105 Å². The lowest BCUT2D eigenvalue weighted by Crippen LogP contribution is -2.61. The summed E-state index contributed by atoms with van der Waals surface area (Å²) in [6.07, 6.45) is 3.56. The van der Waals surface area contributed by atoms with Gasteiger partial charge in [-0.05, 0) is 38.5 Å². The Morgan fingerprint density at radius 3 is 2.61 bits per heavy atom. The highest BCUT2D eigenvalue weighted by Gasteiger charge is 2.48. The molecule has 11 heteroatoms. The maximum atomic E-state index is 13.8. The number of ether oxygens (including phenoxy) is 1. The Bertz CT molecular complexity index is 1420. The van der Waals surface area contributed by atoms with Gasteiger partial charge in [0.1, 0.15) is 16.4 Å².